The molecule has 7 aliphatic carbocycles. The Morgan fingerprint density at radius 2 is 1.50 bits per heavy atom. The van der Waals surface area contributed by atoms with E-state index in [2.05, 4.69) is 61.2 Å². The Labute approximate surface area is 311 Å². The average molecular weight is 708 g/mol. The second-order valence-electron chi connectivity index (χ2n) is 18.3. The lowest BCUT2D eigenvalue weighted by atomic mass is 9.32. The Morgan fingerprint density at radius 1 is 0.846 bits per heavy atom. The van der Waals surface area contributed by atoms with Crippen molar-refractivity contribution in [3.05, 3.63) is 95.6 Å². The number of nitrogens with zero attached hydrogens (tertiary/aromatic N) is 1. The van der Waals surface area contributed by atoms with Gasteiger partial charge in [-0.3, -0.25) is 9.69 Å². The first kappa shape index (κ1) is 36.4. The standard InChI is InChI=1S/C46H61NO5/c1-42-21-18-36(48)26-44(42)24-25-46(38(27-44)41(50)35-16-10-5-11-17-35)39(42)19-22-43(2)40(46)20-23-45(43,51)32-47(28-33-12-6-3-7-13-33)29-37(49)31-52-30-34-14-8-4-9-15-34/h3-4,6-9,12-15,24-25,27,35-37,39-40,48-49,51H,5,10-11,16-23,26,28-32H2,1-2H3/t36?,37-,39-,40-,42-,43+,44+,45-,46-/m1/s1. The van der Waals surface area contributed by atoms with Gasteiger partial charge in [0.2, 0.25) is 0 Å². The first-order valence-electron chi connectivity index (χ1n) is 20.5. The van der Waals surface area contributed by atoms with Crippen LogP contribution in [0, 0.1) is 39.4 Å². The highest BCUT2D eigenvalue weighted by Gasteiger charge is 2.74. The van der Waals surface area contributed by atoms with Crippen molar-refractivity contribution in [1.29, 1.82) is 0 Å². The van der Waals surface area contributed by atoms with E-state index in [1.807, 2.05) is 36.4 Å². The van der Waals surface area contributed by atoms with Gasteiger partial charge in [-0.25, -0.2) is 0 Å². The molecule has 7 aliphatic rings. The van der Waals surface area contributed by atoms with Gasteiger partial charge in [0.1, 0.15) is 0 Å². The third kappa shape index (κ3) is 5.91. The molecule has 0 aromatic heterocycles. The van der Waals surface area contributed by atoms with E-state index in [-0.39, 0.29) is 35.4 Å². The second-order valence-corrected chi connectivity index (χ2v) is 18.3. The van der Waals surface area contributed by atoms with Crippen molar-refractivity contribution in [3.63, 3.8) is 0 Å². The zero-order chi connectivity index (χ0) is 36.2. The van der Waals surface area contributed by atoms with Crippen LogP contribution in [0.1, 0.15) is 102 Å². The van der Waals surface area contributed by atoms with Crippen molar-refractivity contribution < 1.29 is 24.9 Å². The topological polar surface area (TPSA) is 90.2 Å². The van der Waals surface area contributed by atoms with Crippen molar-refractivity contribution in [2.75, 3.05) is 19.7 Å². The Balaban J connectivity index is 1.10. The summed E-state index contributed by atoms with van der Waals surface area (Å²) >= 11 is 0. The van der Waals surface area contributed by atoms with E-state index in [0.717, 1.165) is 74.5 Å². The van der Waals surface area contributed by atoms with Crippen molar-refractivity contribution in [3.8, 4) is 0 Å². The molecule has 4 saturated carbocycles. The van der Waals surface area contributed by atoms with E-state index in [1.54, 1.807) is 0 Å². The number of carbonyl (C=O) groups is 1. The van der Waals surface area contributed by atoms with Gasteiger partial charge in [-0.1, -0.05) is 112 Å². The lowest BCUT2D eigenvalue weighted by Gasteiger charge is -2.71. The number of allylic oxidation sites excluding steroid dienone is 4. The summed E-state index contributed by atoms with van der Waals surface area (Å²) in [6.07, 6.45) is 17.5. The summed E-state index contributed by atoms with van der Waals surface area (Å²) in [5.41, 5.74) is 1.15. The van der Waals surface area contributed by atoms with E-state index < -0.39 is 22.5 Å². The molecule has 2 bridgehead atoms. The second kappa shape index (κ2) is 13.9. The summed E-state index contributed by atoms with van der Waals surface area (Å²) in [4.78, 5) is 17.2. The molecule has 1 unspecified atom stereocenters. The minimum Gasteiger partial charge on any atom is -0.393 e. The number of hydrogen-bond acceptors (Lipinski definition) is 6. The molecule has 0 amide bonds. The largest absolute Gasteiger partial charge is 0.393 e. The number of ketones is 1. The molecule has 3 N–H and O–H groups in total. The van der Waals surface area contributed by atoms with E-state index in [0.29, 0.717) is 50.8 Å². The number of hydrogen-bond donors (Lipinski definition) is 3. The van der Waals surface area contributed by atoms with E-state index in [9.17, 15) is 20.1 Å². The molecule has 9 rings (SSSR count). The normalized spacial score (nSPS) is 38.7. The lowest BCUT2D eigenvalue weighted by Crippen LogP contribution is -2.67. The van der Waals surface area contributed by atoms with Crippen LogP contribution in [-0.4, -0.2) is 63.5 Å². The highest BCUT2D eigenvalue weighted by Crippen LogP contribution is 2.78. The molecular formula is C46H61NO5. The highest BCUT2D eigenvalue weighted by molar-refractivity contribution is 6.00. The van der Waals surface area contributed by atoms with Crippen LogP contribution in [0.5, 0.6) is 0 Å². The molecule has 4 fully saturated rings. The Hall–Kier alpha value is -2.61. The third-order valence-electron chi connectivity index (χ3n) is 15.6. The van der Waals surface area contributed by atoms with Crippen molar-refractivity contribution in [2.24, 2.45) is 39.4 Å². The van der Waals surface area contributed by atoms with Crippen LogP contribution in [0.4, 0.5) is 0 Å². The first-order chi connectivity index (χ1) is 25.0. The average Bonchev–Trinajstić information content (AvgIpc) is 3.42. The van der Waals surface area contributed by atoms with Gasteiger partial charge in [-0.15, -0.1) is 0 Å². The summed E-state index contributed by atoms with van der Waals surface area (Å²) in [6.45, 7) is 6.95. The van der Waals surface area contributed by atoms with Gasteiger partial charge in [0, 0.05) is 47.4 Å². The van der Waals surface area contributed by atoms with Crippen molar-refractivity contribution >= 4 is 5.78 Å². The molecule has 0 saturated heterocycles. The number of aliphatic hydroxyl groups excluding tert-OH is 2. The van der Waals surface area contributed by atoms with Gasteiger partial charge in [0.05, 0.1) is 31.0 Å². The molecule has 0 heterocycles. The molecule has 0 aliphatic heterocycles. The van der Waals surface area contributed by atoms with Crippen LogP contribution in [0.2, 0.25) is 0 Å². The molecule has 6 heteroatoms. The minimum atomic E-state index is -0.987. The third-order valence-corrected chi connectivity index (χ3v) is 15.6. The number of Topliss-reactive ketones (excluding diaryl/α,β-unsaturated/α-hetero) is 1. The smallest absolute Gasteiger partial charge is 0.162 e. The fourth-order valence-electron chi connectivity index (χ4n) is 12.8. The maximum Gasteiger partial charge on any atom is 0.162 e. The van der Waals surface area contributed by atoms with Crippen LogP contribution in [0.25, 0.3) is 0 Å². The molecule has 2 spiro atoms. The fourth-order valence-corrected chi connectivity index (χ4v) is 12.8. The van der Waals surface area contributed by atoms with Gasteiger partial charge in [0.15, 0.2) is 5.78 Å². The predicted molar refractivity (Wildman–Crippen MR) is 204 cm³/mol. The number of benzene rings is 2. The van der Waals surface area contributed by atoms with Crippen LogP contribution in [0.3, 0.4) is 0 Å². The zero-order valence-corrected chi connectivity index (χ0v) is 31.5. The van der Waals surface area contributed by atoms with Crippen LogP contribution in [-0.2, 0) is 22.7 Å². The highest BCUT2D eigenvalue weighted by atomic mass is 16.5. The maximum atomic E-state index is 14.9. The minimum absolute atomic E-state index is 0.0252. The summed E-state index contributed by atoms with van der Waals surface area (Å²) < 4.78 is 5.97. The lowest BCUT2D eigenvalue weighted by molar-refractivity contribution is -0.180. The van der Waals surface area contributed by atoms with Crippen molar-refractivity contribution in [2.45, 2.75) is 122 Å². The Bertz CT molecular complexity index is 1650. The van der Waals surface area contributed by atoms with Crippen LogP contribution < -0.4 is 0 Å². The summed E-state index contributed by atoms with van der Waals surface area (Å²) in [6, 6.07) is 20.4. The fraction of sp³-hybridized carbons (Fsp3) is 0.630. The number of carbonyl (C=O) groups excluding carboxylic acids is 1. The molecule has 2 aromatic rings. The summed E-state index contributed by atoms with van der Waals surface area (Å²) in [5.74, 6) is 0.895. The van der Waals surface area contributed by atoms with Crippen LogP contribution in [0.15, 0.2) is 84.5 Å². The Morgan fingerprint density at radius 3 is 2.23 bits per heavy atom. The van der Waals surface area contributed by atoms with Gasteiger partial charge in [-0.05, 0) is 86.2 Å². The zero-order valence-electron chi connectivity index (χ0n) is 31.5. The predicted octanol–water partition coefficient (Wildman–Crippen LogP) is 7.81. The van der Waals surface area contributed by atoms with E-state index in [4.69, 9.17) is 4.74 Å². The maximum absolute atomic E-state index is 14.9. The SMILES string of the molecule is C[C@]12CC[C@H]3[C@]4(C=C[C@@]5(C=C4C(=O)C4CCCCC4)CC(O)CC[C@]35C)[C@@H]1CC[C@@]2(O)CN(Cc1ccccc1)C[C@@H](O)COCc1ccccc1. The molecule has 6 nitrogen and oxygen atoms in total. The number of fused-ring (bicyclic) bond motifs is 1. The molecule has 280 valence electrons. The molecule has 2 aromatic carbocycles. The molecule has 0 radical (unpaired) electrons. The van der Waals surface area contributed by atoms with Crippen molar-refractivity contribution in [1.82, 2.24) is 4.90 Å². The van der Waals surface area contributed by atoms with Gasteiger partial charge in [0.25, 0.3) is 0 Å². The number of rotatable bonds is 12. The monoisotopic (exact) mass is 707 g/mol. The first-order valence-corrected chi connectivity index (χ1v) is 20.5. The Kier molecular flexibility index (Phi) is 9.73. The van der Waals surface area contributed by atoms with E-state index in [1.165, 1.54) is 6.42 Å². The number of aliphatic hydroxyl groups is 3. The van der Waals surface area contributed by atoms with Crippen LogP contribution >= 0.6 is 0 Å². The quantitative estimate of drug-likeness (QED) is 0.195. The molecular weight excluding hydrogens is 647 g/mol. The molecule has 52 heavy (non-hydrogen) atoms. The summed E-state index contributed by atoms with van der Waals surface area (Å²) in [7, 11) is 0. The van der Waals surface area contributed by atoms with Gasteiger partial charge in [-0.2, -0.15) is 0 Å². The van der Waals surface area contributed by atoms with E-state index >= 15 is 0 Å². The molecule has 9 atom stereocenters. The number of ether oxygens (including phenoxy) is 1. The van der Waals surface area contributed by atoms with Gasteiger partial charge < -0.3 is 20.1 Å². The summed E-state index contributed by atoms with van der Waals surface area (Å²) in [5, 5.41) is 35.5. The van der Waals surface area contributed by atoms with Gasteiger partial charge >= 0.3 is 0 Å².